The molecule has 1 heterocycles. The molecule has 3 rings (SSSR count). The van der Waals surface area contributed by atoms with Gasteiger partial charge in [0.25, 0.3) is 0 Å². The normalized spacial score (nSPS) is 11.2. The van der Waals surface area contributed by atoms with Gasteiger partial charge in [0.1, 0.15) is 0 Å². The lowest BCUT2D eigenvalue weighted by Gasteiger charge is -2.11. The van der Waals surface area contributed by atoms with Crippen molar-refractivity contribution in [2.75, 3.05) is 5.75 Å². The summed E-state index contributed by atoms with van der Waals surface area (Å²) in [4.78, 5) is 13.0. The molecule has 0 unspecified atom stereocenters. The Morgan fingerprint density at radius 1 is 1.07 bits per heavy atom. The molecule has 3 aromatic rings. The smallest absolute Gasteiger partial charge is 0.250 e. The molecular weight excluding hydrogens is 449 g/mol. The van der Waals surface area contributed by atoms with Crippen molar-refractivity contribution in [3.05, 3.63) is 80.6 Å². The van der Waals surface area contributed by atoms with E-state index in [0.29, 0.717) is 15.1 Å². The lowest BCUT2D eigenvalue weighted by Crippen LogP contribution is -2.19. The van der Waals surface area contributed by atoms with Gasteiger partial charge in [-0.05, 0) is 62.4 Å². The summed E-state index contributed by atoms with van der Waals surface area (Å²) in [5, 5.41) is 5.90. The Hall–Kier alpha value is -1.92. The highest BCUT2D eigenvalue weighted by atomic mass is 35.5. The fourth-order valence-electron chi connectivity index (χ4n) is 2.84. The van der Waals surface area contributed by atoms with E-state index >= 15 is 0 Å². The standard InChI is InChI=1S/C21H18Cl3N3OS/c1-13-9-15(14(2)27(13)20-8-5-17(23)10-19(20)24)11-25-26-21(28)12-29-18-6-3-16(22)4-7-18/h3-11H,12H2,1-2H3,(H,26,28)/b25-11-. The second-order valence-corrected chi connectivity index (χ2v) is 8.62. The molecule has 0 radical (unpaired) electrons. The van der Waals surface area contributed by atoms with Crippen molar-refractivity contribution < 1.29 is 4.79 Å². The van der Waals surface area contributed by atoms with Crippen molar-refractivity contribution >= 4 is 58.7 Å². The van der Waals surface area contributed by atoms with E-state index in [2.05, 4.69) is 10.5 Å². The first-order valence-electron chi connectivity index (χ1n) is 8.70. The highest BCUT2D eigenvalue weighted by molar-refractivity contribution is 8.00. The van der Waals surface area contributed by atoms with Gasteiger partial charge in [0.2, 0.25) is 5.91 Å². The maximum absolute atomic E-state index is 12.0. The quantitative estimate of drug-likeness (QED) is 0.263. The second-order valence-electron chi connectivity index (χ2n) is 6.29. The maximum atomic E-state index is 12.0. The summed E-state index contributed by atoms with van der Waals surface area (Å²) in [6, 6.07) is 14.7. The molecular formula is C21H18Cl3N3OS. The molecule has 4 nitrogen and oxygen atoms in total. The largest absolute Gasteiger partial charge is 0.316 e. The van der Waals surface area contributed by atoms with E-state index < -0.39 is 0 Å². The van der Waals surface area contributed by atoms with Crippen LogP contribution in [-0.2, 0) is 4.79 Å². The molecule has 0 fully saturated rings. The Kier molecular flexibility index (Phi) is 7.30. The number of aryl methyl sites for hydroxylation is 1. The number of nitrogens with zero attached hydrogens (tertiary/aromatic N) is 2. The number of carbonyl (C=O) groups excluding carboxylic acids is 1. The minimum absolute atomic E-state index is 0.184. The predicted octanol–water partition coefficient (Wildman–Crippen LogP) is 6.30. The van der Waals surface area contributed by atoms with Gasteiger partial charge in [0.05, 0.1) is 22.7 Å². The molecule has 150 valence electrons. The molecule has 0 saturated carbocycles. The first kappa shape index (κ1) is 21.8. The number of hydrogen-bond acceptors (Lipinski definition) is 3. The van der Waals surface area contributed by atoms with Crippen LogP contribution in [0, 0.1) is 13.8 Å². The third-order valence-corrected chi connectivity index (χ3v) is 6.00. The van der Waals surface area contributed by atoms with Crippen LogP contribution in [0.1, 0.15) is 17.0 Å². The molecule has 0 aliphatic rings. The fraction of sp³-hybridized carbons (Fsp3) is 0.143. The number of hydrazone groups is 1. The first-order chi connectivity index (χ1) is 13.8. The van der Waals surface area contributed by atoms with Crippen LogP contribution in [0.3, 0.4) is 0 Å². The number of benzene rings is 2. The van der Waals surface area contributed by atoms with Gasteiger partial charge < -0.3 is 4.57 Å². The highest BCUT2D eigenvalue weighted by Crippen LogP contribution is 2.28. The van der Waals surface area contributed by atoms with Gasteiger partial charge in [0, 0.05) is 31.9 Å². The molecule has 0 aliphatic heterocycles. The van der Waals surface area contributed by atoms with Crippen LogP contribution in [-0.4, -0.2) is 22.4 Å². The number of hydrogen-bond donors (Lipinski definition) is 1. The summed E-state index contributed by atoms with van der Waals surface area (Å²) < 4.78 is 2.03. The summed E-state index contributed by atoms with van der Waals surface area (Å²) >= 11 is 19.6. The Balaban J connectivity index is 1.65. The third-order valence-electron chi connectivity index (χ3n) is 4.20. The summed E-state index contributed by atoms with van der Waals surface area (Å²) in [6.45, 7) is 3.95. The Labute approximate surface area is 188 Å². The lowest BCUT2D eigenvalue weighted by molar-refractivity contribution is -0.118. The molecule has 8 heteroatoms. The average molecular weight is 467 g/mol. The van der Waals surface area contributed by atoms with Crippen LogP contribution in [0.2, 0.25) is 15.1 Å². The van der Waals surface area contributed by atoms with Crippen LogP contribution in [0.15, 0.2) is 58.5 Å². The Morgan fingerprint density at radius 2 is 1.76 bits per heavy atom. The zero-order chi connectivity index (χ0) is 21.0. The van der Waals surface area contributed by atoms with E-state index in [1.807, 2.05) is 42.7 Å². The predicted molar refractivity (Wildman–Crippen MR) is 123 cm³/mol. The molecule has 0 saturated heterocycles. The highest BCUT2D eigenvalue weighted by Gasteiger charge is 2.12. The van der Waals surface area contributed by atoms with Gasteiger partial charge >= 0.3 is 0 Å². The molecule has 1 amide bonds. The monoisotopic (exact) mass is 465 g/mol. The summed E-state index contributed by atoms with van der Waals surface area (Å²) in [5.41, 5.74) is 6.24. The zero-order valence-electron chi connectivity index (χ0n) is 15.7. The molecule has 0 bridgehead atoms. The van der Waals surface area contributed by atoms with E-state index in [1.54, 1.807) is 30.5 Å². The number of thioether (sulfide) groups is 1. The van der Waals surface area contributed by atoms with Gasteiger partial charge in [-0.3, -0.25) is 4.79 Å². The minimum Gasteiger partial charge on any atom is -0.316 e. The maximum Gasteiger partial charge on any atom is 0.250 e. The number of carbonyl (C=O) groups is 1. The number of amides is 1. The van der Waals surface area contributed by atoms with Crippen molar-refractivity contribution in [2.24, 2.45) is 5.10 Å². The molecule has 29 heavy (non-hydrogen) atoms. The van der Waals surface area contributed by atoms with E-state index in [0.717, 1.165) is 27.5 Å². The lowest BCUT2D eigenvalue weighted by atomic mass is 10.2. The topological polar surface area (TPSA) is 46.4 Å². The number of rotatable bonds is 6. The van der Waals surface area contributed by atoms with Crippen molar-refractivity contribution in [3.63, 3.8) is 0 Å². The number of aromatic nitrogens is 1. The number of halogens is 3. The Morgan fingerprint density at radius 3 is 2.45 bits per heavy atom. The van der Waals surface area contributed by atoms with E-state index in [-0.39, 0.29) is 11.7 Å². The summed E-state index contributed by atoms with van der Waals surface area (Å²) in [6.07, 6.45) is 1.63. The molecule has 0 atom stereocenters. The number of nitrogens with one attached hydrogen (secondary N) is 1. The molecule has 0 spiro atoms. The van der Waals surface area contributed by atoms with Crippen LogP contribution < -0.4 is 5.43 Å². The van der Waals surface area contributed by atoms with E-state index in [9.17, 15) is 4.79 Å². The molecule has 0 aliphatic carbocycles. The average Bonchev–Trinajstić information content (AvgIpc) is 2.95. The Bertz CT molecular complexity index is 1060. The van der Waals surface area contributed by atoms with Crippen LogP contribution in [0.25, 0.3) is 5.69 Å². The fourth-order valence-corrected chi connectivity index (χ4v) is 4.15. The van der Waals surface area contributed by atoms with Crippen LogP contribution in [0.5, 0.6) is 0 Å². The molecule has 1 aromatic heterocycles. The van der Waals surface area contributed by atoms with E-state index in [4.69, 9.17) is 34.8 Å². The van der Waals surface area contributed by atoms with Gasteiger partial charge in [-0.25, -0.2) is 5.43 Å². The third kappa shape index (κ3) is 5.58. The van der Waals surface area contributed by atoms with Crippen LogP contribution >= 0.6 is 46.6 Å². The van der Waals surface area contributed by atoms with Crippen LogP contribution in [0.4, 0.5) is 0 Å². The zero-order valence-corrected chi connectivity index (χ0v) is 18.8. The van der Waals surface area contributed by atoms with Gasteiger partial charge in [-0.1, -0.05) is 34.8 Å². The van der Waals surface area contributed by atoms with Gasteiger partial charge in [-0.15, -0.1) is 11.8 Å². The molecule has 1 N–H and O–H groups in total. The van der Waals surface area contributed by atoms with Crippen molar-refractivity contribution in [3.8, 4) is 5.69 Å². The minimum atomic E-state index is -0.184. The summed E-state index contributed by atoms with van der Waals surface area (Å²) in [7, 11) is 0. The first-order valence-corrected chi connectivity index (χ1v) is 10.8. The van der Waals surface area contributed by atoms with E-state index in [1.165, 1.54) is 11.8 Å². The van der Waals surface area contributed by atoms with Crippen molar-refractivity contribution in [2.45, 2.75) is 18.7 Å². The summed E-state index contributed by atoms with van der Waals surface area (Å²) in [5.74, 6) is 0.0778. The van der Waals surface area contributed by atoms with Crippen molar-refractivity contribution in [1.82, 2.24) is 9.99 Å². The SMILES string of the molecule is Cc1cc(/C=N\NC(=O)CSc2ccc(Cl)cc2)c(C)n1-c1ccc(Cl)cc1Cl. The second kappa shape index (κ2) is 9.72. The van der Waals surface area contributed by atoms with Gasteiger partial charge in [0.15, 0.2) is 0 Å². The van der Waals surface area contributed by atoms with Gasteiger partial charge in [-0.2, -0.15) is 5.10 Å². The van der Waals surface area contributed by atoms with Crippen molar-refractivity contribution in [1.29, 1.82) is 0 Å². The molecule has 2 aromatic carbocycles.